The third kappa shape index (κ3) is 13.7. The number of carbonyl (C=O) groups excluding carboxylic acids is 1. The summed E-state index contributed by atoms with van der Waals surface area (Å²) in [5, 5.41) is 0. The molecule has 0 aliphatic rings. The van der Waals surface area contributed by atoms with E-state index < -0.39 is 8.80 Å². The van der Waals surface area contributed by atoms with Crippen molar-refractivity contribution in [2.75, 3.05) is 6.61 Å². The average Bonchev–Trinajstić information content (AvgIpc) is 2.34. The minimum atomic E-state index is -3.81. The fraction of sp³-hybridized carbons (Fsp3) is 0.786. The van der Waals surface area contributed by atoms with E-state index in [1.165, 1.54) is 0 Å². The maximum absolute atomic E-state index is 11.1. The number of esters is 1. The van der Waals surface area contributed by atoms with Gasteiger partial charge in [0.25, 0.3) is 0 Å². The molecule has 0 aliphatic heterocycles. The van der Waals surface area contributed by atoms with Crippen LogP contribution < -0.4 is 0 Å². The summed E-state index contributed by atoms with van der Waals surface area (Å²) in [6.07, 6.45) is 7.94. The quantitative estimate of drug-likeness (QED) is 0.222. The van der Waals surface area contributed by atoms with E-state index in [0.717, 1.165) is 44.9 Å². The smallest absolute Gasteiger partial charge is 0.462 e. The van der Waals surface area contributed by atoms with Crippen molar-refractivity contribution in [3.05, 3.63) is 12.2 Å². The molecular formula is C14H28O5Si. The van der Waals surface area contributed by atoms with E-state index in [1.54, 1.807) is 6.92 Å². The van der Waals surface area contributed by atoms with Crippen LogP contribution in [0.2, 0.25) is 6.04 Å². The van der Waals surface area contributed by atoms with Crippen LogP contribution in [0, 0.1) is 0 Å². The largest absolute Gasteiger partial charge is 0.492 e. The molecule has 5 nitrogen and oxygen atoms in total. The van der Waals surface area contributed by atoms with Crippen molar-refractivity contribution in [3.63, 3.8) is 0 Å². The Bertz CT molecular complexity index is 286. The maximum Gasteiger partial charge on any atom is 0.492 e. The molecule has 118 valence electrons. The van der Waals surface area contributed by atoms with Crippen molar-refractivity contribution >= 4 is 14.8 Å². The van der Waals surface area contributed by atoms with Gasteiger partial charge in [0.1, 0.15) is 0 Å². The van der Waals surface area contributed by atoms with Gasteiger partial charge in [-0.1, -0.05) is 45.1 Å². The predicted molar refractivity (Wildman–Crippen MR) is 79.9 cm³/mol. The van der Waals surface area contributed by atoms with Crippen LogP contribution in [0.15, 0.2) is 12.2 Å². The summed E-state index contributed by atoms with van der Waals surface area (Å²) in [4.78, 5) is 37.5. The van der Waals surface area contributed by atoms with Crippen LogP contribution in [0.25, 0.3) is 0 Å². The fourth-order valence-electron chi connectivity index (χ4n) is 1.81. The molecule has 0 aromatic carbocycles. The standard InChI is InChI=1S/C14H28O5Si/c1-13(2)14(15)19-11-9-7-5-3-4-6-8-10-12-20(16,17)18/h16-18H,1,3-12H2,2H3. The Labute approximate surface area is 122 Å². The Kier molecular flexibility index (Phi) is 10.6. The average molecular weight is 304 g/mol. The predicted octanol–water partition coefficient (Wildman–Crippen LogP) is 2.14. The lowest BCUT2D eigenvalue weighted by atomic mass is 10.1. The van der Waals surface area contributed by atoms with Crippen LogP contribution >= 0.6 is 0 Å². The van der Waals surface area contributed by atoms with E-state index in [4.69, 9.17) is 19.1 Å². The Hall–Kier alpha value is -0.693. The Morgan fingerprint density at radius 2 is 1.40 bits per heavy atom. The molecule has 0 aromatic rings. The normalized spacial score (nSPS) is 11.4. The molecule has 0 saturated carbocycles. The van der Waals surface area contributed by atoms with E-state index in [2.05, 4.69) is 6.58 Å². The monoisotopic (exact) mass is 304 g/mol. The van der Waals surface area contributed by atoms with Gasteiger partial charge in [0.2, 0.25) is 0 Å². The van der Waals surface area contributed by atoms with Crippen LogP contribution in [0.3, 0.4) is 0 Å². The number of carbonyl (C=O) groups is 1. The third-order valence-electron chi connectivity index (χ3n) is 2.99. The first-order valence-corrected chi connectivity index (χ1v) is 9.37. The Morgan fingerprint density at radius 1 is 0.950 bits per heavy atom. The zero-order valence-electron chi connectivity index (χ0n) is 12.4. The minimum Gasteiger partial charge on any atom is -0.462 e. The molecule has 6 heteroatoms. The van der Waals surface area contributed by atoms with Crippen LogP contribution in [-0.2, 0) is 9.53 Å². The maximum atomic E-state index is 11.1. The summed E-state index contributed by atoms with van der Waals surface area (Å²) in [6, 6.07) is 0.140. The second-order valence-electron chi connectivity index (χ2n) is 5.27. The molecule has 3 N–H and O–H groups in total. The van der Waals surface area contributed by atoms with Crippen molar-refractivity contribution < 1.29 is 23.9 Å². The molecule has 0 fully saturated rings. The van der Waals surface area contributed by atoms with Gasteiger partial charge in [-0.15, -0.1) is 0 Å². The van der Waals surface area contributed by atoms with Crippen LogP contribution in [0.1, 0.15) is 58.3 Å². The molecule has 0 atom stereocenters. The molecule has 0 radical (unpaired) electrons. The second-order valence-corrected chi connectivity index (χ2v) is 7.32. The molecule has 20 heavy (non-hydrogen) atoms. The van der Waals surface area contributed by atoms with Crippen molar-refractivity contribution in [1.29, 1.82) is 0 Å². The SMILES string of the molecule is C=C(C)C(=O)OCCCCCCCCCC[Si](O)(O)O. The summed E-state index contributed by atoms with van der Waals surface area (Å²) in [6.45, 7) is 5.61. The fourth-order valence-corrected chi connectivity index (χ4v) is 2.54. The highest BCUT2D eigenvalue weighted by Crippen LogP contribution is 2.12. The van der Waals surface area contributed by atoms with E-state index in [9.17, 15) is 4.79 Å². The first kappa shape index (κ1) is 19.3. The molecular weight excluding hydrogens is 276 g/mol. The van der Waals surface area contributed by atoms with E-state index in [-0.39, 0.29) is 12.0 Å². The molecule has 0 amide bonds. The minimum absolute atomic E-state index is 0.140. The summed E-state index contributed by atoms with van der Waals surface area (Å²) < 4.78 is 4.99. The zero-order valence-corrected chi connectivity index (χ0v) is 13.4. The Morgan fingerprint density at radius 3 is 1.85 bits per heavy atom. The molecule has 0 saturated heterocycles. The van der Waals surface area contributed by atoms with Gasteiger partial charge in [0.15, 0.2) is 0 Å². The topological polar surface area (TPSA) is 87.0 Å². The number of hydrogen-bond donors (Lipinski definition) is 3. The first-order valence-electron chi connectivity index (χ1n) is 7.32. The molecule has 0 bridgehead atoms. The number of rotatable bonds is 12. The van der Waals surface area contributed by atoms with Crippen LogP contribution in [-0.4, -0.2) is 35.8 Å². The van der Waals surface area contributed by atoms with E-state index in [1.807, 2.05) is 0 Å². The van der Waals surface area contributed by atoms with Gasteiger partial charge in [0.05, 0.1) is 6.61 Å². The van der Waals surface area contributed by atoms with Gasteiger partial charge in [-0.05, 0) is 19.8 Å². The van der Waals surface area contributed by atoms with Gasteiger partial charge in [-0.2, -0.15) is 0 Å². The first-order chi connectivity index (χ1) is 9.33. The zero-order chi connectivity index (χ0) is 15.4. The molecule has 0 aromatic heterocycles. The summed E-state index contributed by atoms with van der Waals surface area (Å²) >= 11 is 0. The third-order valence-corrected chi connectivity index (χ3v) is 4.01. The van der Waals surface area contributed by atoms with Crippen molar-refractivity contribution in [1.82, 2.24) is 0 Å². The number of ether oxygens (including phenoxy) is 1. The van der Waals surface area contributed by atoms with Crippen molar-refractivity contribution in [2.45, 2.75) is 64.3 Å². The van der Waals surface area contributed by atoms with Gasteiger partial charge >= 0.3 is 14.8 Å². The summed E-state index contributed by atoms with van der Waals surface area (Å²) in [5.41, 5.74) is 0.436. The molecule has 0 rings (SSSR count). The van der Waals surface area contributed by atoms with Crippen LogP contribution in [0.4, 0.5) is 0 Å². The molecule has 0 spiro atoms. The van der Waals surface area contributed by atoms with E-state index in [0.29, 0.717) is 18.6 Å². The van der Waals surface area contributed by atoms with E-state index >= 15 is 0 Å². The molecule has 0 unspecified atom stereocenters. The Balaban J connectivity index is 3.18. The lowest BCUT2D eigenvalue weighted by Gasteiger charge is -2.08. The molecule has 0 heterocycles. The summed E-state index contributed by atoms with van der Waals surface area (Å²) in [5.74, 6) is -0.318. The number of hydrogen-bond acceptors (Lipinski definition) is 5. The lowest BCUT2D eigenvalue weighted by Crippen LogP contribution is -2.33. The highest BCUT2D eigenvalue weighted by Gasteiger charge is 2.25. The highest BCUT2D eigenvalue weighted by molar-refractivity contribution is 6.56. The molecule has 0 aliphatic carbocycles. The van der Waals surface area contributed by atoms with Gasteiger partial charge < -0.3 is 19.1 Å². The van der Waals surface area contributed by atoms with Gasteiger partial charge in [0, 0.05) is 11.6 Å². The van der Waals surface area contributed by atoms with Crippen LogP contribution in [0.5, 0.6) is 0 Å². The highest BCUT2D eigenvalue weighted by atomic mass is 28.4. The second kappa shape index (κ2) is 11.0. The number of unbranched alkanes of at least 4 members (excludes halogenated alkanes) is 7. The summed E-state index contributed by atoms with van der Waals surface area (Å²) in [7, 11) is -3.81. The lowest BCUT2D eigenvalue weighted by molar-refractivity contribution is -0.139. The van der Waals surface area contributed by atoms with Crippen molar-refractivity contribution in [3.8, 4) is 0 Å². The van der Waals surface area contributed by atoms with Gasteiger partial charge in [-0.3, -0.25) is 0 Å². The van der Waals surface area contributed by atoms with Gasteiger partial charge in [-0.25, -0.2) is 4.79 Å². The van der Waals surface area contributed by atoms with Crippen molar-refractivity contribution in [2.24, 2.45) is 0 Å².